The first-order chi connectivity index (χ1) is 9.85. The highest BCUT2D eigenvalue weighted by Crippen LogP contribution is 2.25. The number of thiazole rings is 1. The van der Waals surface area contributed by atoms with Gasteiger partial charge in [-0.1, -0.05) is 19.4 Å². The number of pyridine rings is 1. The predicted molar refractivity (Wildman–Crippen MR) is 83.0 cm³/mol. The Morgan fingerprint density at radius 3 is 3.00 bits per heavy atom. The molecule has 1 saturated carbocycles. The molecule has 0 unspecified atom stereocenters. The molecule has 1 N–H and O–H groups in total. The second-order valence-corrected chi connectivity index (χ2v) is 6.59. The highest BCUT2D eigenvalue weighted by molar-refractivity contribution is 7.11. The molecule has 0 spiro atoms. The maximum Gasteiger partial charge on any atom is 0.0976 e. The lowest BCUT2D eigenvalue weighted by Crippen LogP contribution is -2.15. The zero-order valence-corrected chi connectivity index (χ0v) is 12.7. The van der Waals surface area contributed by atoms with Gasteiger partial charge in [-0.2, -0.15) is 0 Å². The summed E-state index contributed by atoms with van der Waals surface area (Å²) < 4.78 is 0. The Morgan fingerprint density at radius 2 is 2.30 bits per heavy atom. The highest BCUT2D eigenvalue weighted by atomic mass is 32.1. The maximum absolute atomic E-state index is 4.84. The monoisotopic (exact) mass is 287 g/mol. The fourth-order valence-electron chi connectivity index (χ4n) is 2.28. The van der Waals surface area contributed by atoms with Crippen LogP contribution in [0, 0.1) is 0 Å². The van der Waals surface area contributed by atoms with Crippen molar-refractivity contribution in [2.45, 2.75) is 51.6 Å². The molecule has 0 atom stereocenters. The first kappa shape index (κ1) is 13.7. The fraction of sp³-hybridized carbons (Fsp3) is 0.500. The third-order valence-electron chi connectivity index (χ3n) is 3.52. The van der Waals surface area contributed by atoms with Crippen molar-refractivity contribution in [1.82, 2.24) is 15.3 Å². The number of aryl methyl sites for hydroxylation is 1. The molecular weight excluding hydrogens is 266 g/mol. The van der Waals surface area contributed by atoms with Gasteiger partial charge in [-0.05, 0) is 30.9 Å². The van der Waals surface area contributed by atoms with Gasteiger partial charge in [-0.15, -0.1) is 11.3 Å². The predicted octanol–water partition coefficient (Wildman–Crippen LogP) is 3.33. The smallest absolute Gasteiger partial charge is 0.0976 e. The second-order valence-electron chi connectivity index (χ2n) is 5.42. The van der Waals surface area contributed by atoms with Gasteiger partial charge in [0.2, 0.25) is 0 Å². The van der Waals surface area contributed by atoms with E-state index in [0.717, 1.165) is 31.8 Å². The number of nitrogens with zero attached hydrogens (tertiary/aromatic N) is 2. The maximum atomic E-state index is 4.84. The summed E-state index contributed by atoms with van der Waals surface area (Å²) in [6.45, 7) is 3.21. The van der Waals surface area contributed by atoms with E-state index in [9.17, 15) is 0 Å². The van der Waals surface area contributed by atoms with Gasteiger partial charge in [0.15, 0.2) is 0 Å². The van der Waals surface area contributed by atoms with Crippen LogP contribution in [-0.2, 0) is 19.4 Å². The van der Waals surface area contributed by atoms with Crippen molar-refractivity contribution >= 4 is 11.3 Å². The minimum absolute atomic E-state index is 0.758. The van der Waals surface area contributed by atoms with E-state index < -0.39 is 0 Å². The van der Waals surface area contributed by atoms with Gasteiger partial charge >= 0.3 is 0 Å². The molecule has 1 aliphatic carbocycles. The summed E-state index contributed by atoms with van der Waals surface area (Å²) in [7, 11) is 0. The molecule has 0 amide bonds. The second kappa shape index (κ2) is 6.46. The standard InChI is InChI=1S/C16H21N3S/c1-2-4-14-15(11-18-13-6-7-13)20-16(19-14)9-12-5-3-8-17-10-12/h3,5,8,10,13,18H,2,4,6-7,9,11H2,1H3. The molecule has 0 bridgehead atoms. The summed E-state index contributed by atoms with van der Waals surface area (Å²) in [5.74, 6) is 0. The summed E-state index contributed by atoms with van der Waals surface area (Å²) in [4.78, 5) is 10.5. The van der Waals surface area contributed by atoms with E-state index in [4.69, 9.17) is 4.98 Å². The third-order valence-corrected chi connectivity index (χ3v) is 4.61. The number of hydrogen-bond donors (Lipinski definition) is 1. The van der Waals surface area contributed by atoms with E-state index in [1.54, 1.807) is 0 Å². The highest BCUT2D eigenvalue weighted by Gasteiger charge is 2.21. The summed E-state index contributed by atoms with van der Waals surface area (Å²) in [6.07, 6.45) is 9.58. The molecule has 1 aliphatic rings. The van der Waals surface area contributed by atoms with E-state index in [1.807, 2.05) is 29.8 Å². The summed E-state index contributed by atoms with van der Waals surface area (Å²) in [6, 6.07) is 4.87. The van der Waals surface area contributed by atoms with Gasteiger partial charge in [0.05, 0.1) is 10.7 Å². The summed E-state index contributed by atoms with van der Waals surface area (Å²) >= 11 is 1.86. The fourth-order valence-corrected chi connectivity index (χ4v) is 3.38. The SMILES string of the molecule is CCCc1nc(Cc2cccnc2)sc1CNC1CC1. The molecule has 0 aliphatic heterocycles. The largest absolute Gasteiger partial charge is 0.309 e. The Morgan fingerprint density at radius 1 is 1.40 bits per heavy atom. The van der Waals surface area contributed by atoms with E-state index in [1.165, 1.54) is 34.0 Å². The molecule has 2 aromatic rings. The molecule has 2 aromatic heterocycles. The Kier molecular flexibility index (Phi) is 4.43. The van der Waals surface area contributed by atoms with E-state index in [-0.39, 0.29) is 0 Å². The van der Waals surface area contributed by atoms with E-state index in [2.05, 4.69) is 23.3 Å². The number of aromatic nitrogens is 2. The van der Waals surface area contributed by atoms with Crippen LogP contribution in [0.25, 0.3) is 0 Å². The van der Waals surface area contributed by atoms with Crippen LogP contribution in [0.1, 0.15) is 47.3 Å². The number of rotatable bonds is 7. The quantitative estimate of drug-likeness (QED) is 0.849. The van der Waals surface area contributed by atoms with Crippen LogP contribution in [0.4, 0.5) is 0 Å². The zero-order chi connectivity index (χ0) is 13.8. The van der Waals surface area contributed by atoms with E-state index >= 15 is 0 Å². The Balaban J connectivity index is 1.71. The molecule has 4 heteroatoms. The Bertz CT molecular complexity index is 546. The molecule has 3 rings (SSSR count). The van der Waals surface area contributed by atoms with E-state index in [0.29, 0.717) is 0 Å². The normalized spacial score (nSPS) is 14.7. The average Bonchev–Trinajstić information content (AvgIpc) is 3.22. The van der Waals surface area contributed by atoms with Crippen LogP contribution in [0.5, 0.6) is 0 Å². The van der Waals surface area contributed by atoms with Gasteiger partial charge < -0.3 is 5.32 Å². The Hall–Kier alpha value is -1.26. The lowest BCUT2D eigenvalue weighted by atomic mass is 10.2. The summed E-state index contributed by atoms with van der Waals surface area (Å²) in [5, 5.41) is 4.82. The van der Waals surface area contributed by atoms with Crippen LogP contribution >= 0.6 is 11.3 Å². The van der Waals surface area contributed by atoms with Crippen molar-refractivity contribution in [1.29, 1.82) is 0 Å². The molecule has 0 saturated heterocycles. The summed E-state index contributed by atoms with van der Waals surface area (Å²) in [5.41, 5.74) is 2.54. The van der Waals surface area contributed by atoms with Crippen LogP contribution in [0.15, 0.2) is 24.5 Å². The van der Waals surface area contributed by atoms with Crippen LogP contribution < -0.4 is 5.32 Å². The van der Waals surface area contributed by atoms with Crippen molar-refractivity contribution in [3.8, 4) is 0 Å². The van der Waals surface area contributed by atoms with Gasteiger partial charge in [-0.3, -0.25) is 4.98 Å². The molecular formula is C16H21N3S. The molecule has 106 valence electrons. The van der Waals surface area contributed by atoms with Crippen molar-refractivity contribution in [2.75, 3.05) is 0 Å². The van der Waals surface area contributed by atoms with Crippen molar-refractivity contribution in [3.63, 3.8) is 0 Å². The Labute approximate surface area is 124 Å². The minimum atomic E-state index is 0.758. The molecule has 3 nitrogen and oxygen atoms in total. The molecule has 1 fully saturated rings. The lowest BCUT2D eigenvalue weighted by molar-refractivity contribution is 0.686. The molecule has 0 aromatic carbocycles. The first-order valence-electron chi connectivity index (χ1n) is 7.45. The topological polar surface area (TPSA) is 37.8 Å². The third kappa shape index (κ3) is 3.64. The van der Waals surface area contributed by atoms with Crippen molar-refractivity contribution < 1.29 is 0 Å². The first-order valence-corrected chi connectivity index (χ1v) is 8.26. The molecule has 0 radical (unpaired) electrons. The van der Waals surface area contributed by atoms with Crippen LogP contribution in [-0.4, -0.2) is 16.0 Å². The van der Waals surface area contributed by atoms with Gasteiger partial charge in [0.25, 0.3) is 0 Å². The minimum Gasteiger partial charge on any atom is -0.309 e. The average molecular weight is 287 g/mol. The molecule has 20 heavy (non-hydrogen) atoms. The van der Waals surface area contributed by atoms with Crippen molar-refractivity contribution in [3.05, 3.63) is 45.7 Å². The van der Waals surface area contributed by atoms with Crippen LogP contribution in [0.2, 0.25) is 0 Å². The molecule has 2 heterocycles. The van der Waals surface area contributed by atoms with Gasteiger partial charge in [0.1, 0.15) is 0 Å². The lowest BCUT2D eigenvalue weighted by Gasteiger charge is -2.01. The van der Waals surface area contributed by atoms with Gasteiger partial charge in [0, 0.05) is 36.3 Å². The number of nitrogens with one attached hydrogen (secondary N) is 1. The van der Waals surface area contributed by atoms with Gasteiger partial charge in [-0.25, -0.2) is 4.98 Å². The van der Waals surface area contributed by atoms with Crippen LogP contribution in [0.3, 0.4) is 0 Å². The number of hydrogen-bond acceptors (Lipinski definition) is 4. The van der Waals surface area contributed by atoms with Crippen molar-refractivity contribution in [2.24, 2.45) is 0 Å². The zero-order valence-electron chi connectivity index (χ0n) is 11.9.